The Labute approximate surface area is 187 Å². The summed E-state index contributed by atoms with van der Waals surface area (Å²) in [4.78, 5) is 11.2. The SMILES string of the molecule is Cc1cc(O)c(C(C)(C)C)cc1C(CCCC(=O)O)c1cc(C(C)(C)C)c(O)cc1C. The van der Waals surface area contributed by atoms with Crippen molar-refractivity contribution in [2.24, 2.45) is 0 Å². The van der Waals surface area contributed by atoms with Crippen LogP contribution in [0, 0.1) is 13.8 Å². The lowest BCUT2D eigenvalue weighted by molar-refractivity contribution is -0.137. The average Bonchev–Trinajstić information content (AvgIpc) is 2.57. The Bertz CT molecular complexity index is 889. The van der Waals surface area contributed by atoms with Gasteiger partial charge in [0.1, 0.15) is 11.5 Å². The monoisotopic (exact) mass is 426 g/mol. The van der Waals surface area contributed by atoms with Crippen LogP contribution in [0.15, 0.2) is 24.3 Å². The van der Waals surface area contributed by atoms with Crippen molar-refractivity contribution in [2.75, 3.05) is 0 Å². The molecule has 0 aromatic heterocycles. The lowest BCUT2D eigenvalue weighted by atomic mass is 9.76. The molecule has 0 aliphatic heterocycles. The summed E-state index contributed by atoms with van der Waals surface area (Å²) >= 11 is 0. The normalized spacial score (nSPS) is 12.4. The summed E-state index contributed by atoms with van der Waals surface area (Å²) in [5.41, 5.74) is 5.47. The number of hydrogen-bond acceptors (Lipinski definition) is 3. The van der Waals surface area contributed by atoms with Crippen molar-refractivity contribution in [1.82, 2.24) is 0 Å². The summed E-state index contributed by atoms with van der Waals surface area (Å²) in [5.74, 6) is -0.246. The Balaban J connectivity index is 2.72. The van der Waals surface area contributed by atoms with Crippen LogP contribution in [0.5, 0.6) is 11.5 Å². The molecule has 0 aliphatic carbocycles. The van der Waals surface area contributed by atoms with Crippen LogP contribution in [0.4, 0.5) is 0 Å². The summed E-state index contributed by atoms with van der Waals surface area (Å²) < 4.78 is 0. The first-order chi connectivity index (χ1) is 14.1. The second-order valence-corrected chi connectivity index (χ2v) is 10.8. The quantitative estimate of drug-likeness (QED) is 0.480. The van der Waals surface area contributed by atoms with Gasteiger partial charge >= 0.3 is 5.97 Å². The first-order valence-electron chi connectivity index (χ1n) is 11.0. The maximum absolute atomic E-state index is 11.2. The first kappa shape index (κ1) is 24.8. The van der Waals surface area contributed by atoms with Crippen molar-refractivity contribution >= 4 is 5.97 Å². The lowest BCUT2D eigenvalue weighted by Crippen LogP contribution is -2.16. The maximum atomic E-state index is 11.2. The summed E-state index contributed by atoms with van der Waals surface area (Å²) in [7, 11) is 0. The number of carbonyl (C=O) groups is 1. The van der Waals surface area contributed by atoms with Gasteiger partial charge in [-0.25, -0.2) is 0 Å². The molecule has 2 aromatic carbocycles. The summed E-state index contributed by atoms with van der Waals surface area (Å²) in [5, 5.41) is 30.4. The van der Waals surface area contributed by atoms with Gasteiger partial charge in [0.15, 0.2) is 0 Å². The van der Waals surface area contributed by atoms with Crippen molar-refractivity contribution in [3.05, 3.63) is 57.6 Å². The van der Waals surface area contributed by atoms with E-state index < -0.39 is 5.97 Å². The molecule has 170 valence electrons. The molecule has 0 heterocycles. The molecule has 0 saturated carbocycles. The summed E-state index contributed by atoms with van der Waals surface area (Å²) in [6.07, 6.45) is 1.34. The molecule has 3 N–H and O–H groups in total. The number of benzene rings is 2. The standard InChI is InChI=1S/C27H38O4/c1-16-12-23(28)21(26(3,4)5)14-19(16)18(10-9-11-25(30)31)20-15-22(27(6,7)8)24(29)13-17(20)2/h12-15,18,28-29H,9-11H2,1-8H3,(H,30,31). The van der Waals surface area contributed by atoms with Gasteiger partial charge in [0.25, 0.3) is 0 Å². The van der Waals surface area contributed by atoms with E-state index in [1.54, 1.807) is 0 Å². The molecule has 4 heteroatoms. The zero-order valence-electron chi connectivity index (χ0n) is 20.3. The Morgan fingerprint density at radius 3 is 1.52 bits per heavy atom. The molecule has 0 radical (unpaired) electrons. The van der Waals surface area contributed by atoms with Crippen molar-refractivity contribution in [1.29, 1.82) is 0 Å². The van der Waals surface area contributed by atoms with Gasteiger partial charge in [-0.2, -0.15) is 0 Å². The number of aromatic hydroxyl groups is 2. The van der Waals surface area contributed by atoms with Gasteiger partial charge in [-0.15, -0.1) is 0 Å². The number of hydrogen-bond donors (Lipinski definition) is 3. The third-order valence-electron chi connectivity index (χ3n) is 6.02. The van der Waals surface area contributed by atoms with E-state index in [4.69, 9.17) is 0 Å². The Hall–Kier alpha value is -2.49. The zero-order valence-corrected chi connectivity index (χ0v) is 20.3. The number of phenolic OH excluding ortho intramolecular Hbond substituents is 2. The van der Waals surface area contributed by atoms with Gasteiger partial charge in [-0.1, -0.05) is 53.7 Å². The Kier molecular flexibility index (Phi) is 7.14. The van der Waals surface area contributed by atoms with Gasteiger partial charge in [0, 0.05) is 12.3 Å². The number of aliphatic carboxylic acids is 1. The molecule has 2 rings (SSSR count). The minimum absolute atomic E-state index is 0.0252. The highest BCUT2D eigenvalue weighted by Gasteiger charge is 2.27. The molecule has 0 saturated heterocycles. The van der Waals surface area contributed by atoms with E-state index in [0.29, 0.717) is 12.8 Å². The van der Waals surface area contributed by atoms with Gasteiger partial charge in [0.05, 0.1) is 0 Å². The van der Waals surface area contributed by atoms with Crippen LogP contribution in [0.3, 0.4) is 0 Å². The Morgan fingerprint density at radius 1 is 0.806 bits per heavy atom. The van der Waals surface area contributed by atoms with Crippen LogP contribution in [0.2, 0.25) is 0 Å². The van der Waals surface area contributed by atoms with Gasteiger partial charge in [-0.05, 0) is 83.0 Å². The van der Waals surface area contributed by atoms with Crippen molar-refractivity contribution in [3.63, 3.8) is 0 Å². The van der Waals surface area contributed by atoms with E-state index >= 15 is 0 Å². The molecule has 0 atom stereocenters. The number of carboxylic acid groups (broad SMARTS) is 1. The van der Waals surface area contributed by atoms with Crippen molar-refractivity contribution < 1.29 is 20.1 Å². The van der Waals surface area contributed by atoms with Gasteiger partial charge < -0.3 is 15.3 Å². The molecule has 0 fully saturated rings. The fourth-order valence-electron chi connectivity index (χ4n) is 4.31. The predicted molar refractivity (Wildman–Crippen MR) is 126 cm³/mol. The van der Waals surface area contributed by atoms with Gasteiger partial charge in [-0.3, -0.25) is 4.79 Å². The predicted octanol–water partition coefficient (Wildman–Crippen LogP) is 6.70. The highest BCUT2D eigenvalue weighted by molar-refractivity contribution is 5.66. The van der Waals surface area contributed by atoms with Crippen LogP contribution < -0.4 is 0 Å². The molecular formula is C27H38O4. The van der Waals surface area contributed by atoms with Crippen LogP contribution in [0.1, 0.15) is 100 Å². The number of aryl methyl sites for hydroxylation is 2. The molecule has 4 nitrogen and oxygen atoms in total. The highest BCUT2D eigenvalue weighted by atomic mass is 16.4. The van der Waals surface area contributed by atoms with E-state index in [2.05, 4.69) is 53.7 Å². The van der Waals surface area contributed by atoms with Gasteiger partial charge in [0.2, 0.25) is 0 Å². The highest BCUT2D eigenvalue weighted by Crippen LogP contribution is 2.42. The molecule has 31 heavy (non-hydrogen) atoms. The molecule has 0 amide bonds. The zero-order chi connectivity index (χ0) is 23.7. The third-order valence-corrected chi connectivity index (χ3v) is 6.02. The van der Waals surface area contributed by atoms with E-state index in [-0.39, 0.29) is 34.7 Å². The second kappa shape index (κ2) is 8.94. The molecule has 0 spiro atoms. The van der Waals surface area contributed by atoms with E-state index in [9.17, 15) is 20.1 Å². The maximum Gasteiger partial charge on any atom is 0.303 e. The van der Waals surface area contributed by atoms with Crippen LogP contribution in [-0.2, 0) is 15.6 Å². The fourth-order valence-corrected chi connectivity index (χ4v) is 4.31. The lowest BCUT2D eigenvalue weighted by Gasteiger charge is -2.29. The van der Waals surface area contributed by atoms with E-state index in [0.717, 1.165) is 33.4 Å². The molecule has 2 aromatic rings. The van der Waals surface area contributed by atoms with Crippen LogP contribution in [-0.4, -0.2) is 21.3 Å². The minimum atomic E-state index is -0.797. The summed E-state index contributed by atoms with van der Waals surface area (Å²) in [6.45, 7) is 16.4. The number of phenols is 2. The van der Waals surface area contributed by atoms with Crippen LogP contribution in [0.25, 0.3) is 0 Å². The van der Waals surface area contributed by atoms with E-state index in [1.165, 1.54) is 0 Å². The molecular weight excluding hydrogens is 388 g/mol. The minimum Gasteiger partial charge on any atom is -0.508 e. The molecule has 0 unspecified atom stereocenters. The second-order valence-electron chi connectivity index (χ2n) is 10.8. The fraction of sp³-hybridized carbons (Fsp3) is 0.519. The third kappa shape index (κ3) is 5.81. The number of carboxylic acids is 1. The largest absolute Gasteiger partial charge is 0.508 e. The molecule has 0 bridgehead atoms. The topological polar surface area (TPSA) is 77.8 Å². The smallest absolute Gasteiger partial charge is 0.303 e. The Morgan fingerprint density at radius 2 is 1.19 bits per heavy atom. The average molecular weight is 427 g/mol. The van der Waals surface area contributed by atoms with E-state index in [1.807, 2.05) is 26.0 Å². The van der Waals surface area contributed by atoms with Crippen LogP contribution >= 0.6 is 0 Å². The first-order valence-corrected chi connectivity index (χ1v) is 11.0. The van der Waals surface area contributed by atoms with Crippen molar-refractivity contribution in [2.45, 2.75) is 91.4 Å². The van der Waals surface area contributed by atoms with Crippen molar-refractivity contribution in [3.8, 4) is 11.5 Å². The molecule has 0 aliphatic rings. The summed E-state index contributed by atoms with van der Waals surface area (Å²) in [6, 6.07) is 7.80. The number of rotatable bonds is 6.